The predicted molar refractivity (Wildman–Crippen MR) is 292 cm³/mol. The molecule has 0 bridgehead atoms. The maximum atomic E-state index is 12.8. The maximum absolute atomic E-state index is 12.8. The number of benzene rings is 2. The number of anilines is 4. The van der Waals surface area contributed by atoms with Gasteiger partial charge in [-0.25, -0.2) is 9.97 Å². The first-order valence-corrected chi connectivity index (χ1v) is 26.2. The van der Waals surface area contributed by atoms with Crippen LogP contribution >= 0.6 is 38.6 Å². The Morgan fingerprint density at radius 2 is 1.03 bits per heavy atom. The van der Waals surface area contributed by atoms with Gasteiger partial charge in [-0.1, -0.05) is 42.5 Å². The summed E-state index contributed by atoms with van der Waals surface area (Å²) >= 11 is 6.07. The smallest absolute Gasteiger partial charge is 0.274 e. The first-order valence-electron chi connectivity index (χ1n) is 23.6. The third kappa shape index (κ3) is 14.5. The topological polar surface area (TPSA) is 126 Å². The molecule has 2 saturated heterocycles. The normalized spacial score (nSPS) is 13.6. The number of allylic oxidation sites excluding steroid dienone is 1. The number of hydrogen-bond donors (Lipinski definition) is 2. The second-order valence-electron chi connectivity index (χ2n) is 16.8. The summed E-state index contributed by atoms with van der Waals surface area (Å²) in [6.07, 6.45) is 27.0. The van der Waals surface area contributed by atoms with Gasteiger partial charge in [0.15, 0.2) is 10.3 Å². The molecular formula is C55H57BrN10O2S2. The van der Waals surface area contributed by atoms with Crippen molar-refractivity contribution in [2.45, 2.75) is 58.5 Å². The fourth-order valence-corrected chi connectivity index (χ4v) is 10.0. The SMILES string of the molecule is C/C=C/c1ccc(N2CCCCC2)cc1.O=C(Nc1nc(/C=C/c2ccc(N3CCCCC3)cc2)cs1)c1cccn1Cc1ccncc1.O=C(Nc1nc(Br)cs1)c1cccn1Cc1ccncc1. The minimum Gasteiger partial charge on any atom is -0.372 e. The van der Waals surface area contributed by atoms with Crippen LogP contribution in [0.15, 0.2) is 156 Å². The van der Waals surface area contributed by atoms with Gasteiger partial charge < -0.3 is 18.9 Å². The fraction of sp³-hybridized carbons (Fsp3) is 0.236. The summed E-state index contributed by atoms with van der Waals surface area (Å²) in [6, 6.07) is 32.6. The lowest BCUT2D eigenvalue weighted by atomic mass is 10.1. The molecule has 2 fully saturated rings. The third-order valence-corrected chi connectivity index (χ3v) is 14.0. The number of amides is 2. The molecular weight excluding hydrogens is 977 g/mol. The molecule has 6 aromatic heterocycles. The largest absolute Gasteiger partial charge is 0.372 e. The van der Waals surface area contributed by atoms with Gasteiger partial charge >= 0.3 is 0 Å². The Morgan fingerprint density at radius 3 is 1.49 bits per heavy atom. The van der Waals surface area contributed by atoms with E-state index in [1.54, 1.807) is 30.9 Å². The standard InChI is InChI=1S/C27H27N5OS.C14H11BrN4OS.C14H19N/c33-26(25-5-4-18-32(25)19-22-12-14-28-15-13-22)30-27-29-23(20-34-27)9-6-21-7-10-24(11-8-21)31-16-2-1-3-17-31;15-12-9-21-14(17-12)18-13(20)11-2-1-7-19(11)8-10-3-5-16-6-4-10;1-2-6-13-7-9-14(10-8-13)15-11-4-3-5-12-15/h4-15,18,20H,1-3,16-17,19H2,(H,29,30,33);1-7,9H,8H2,(H,17,18,20);2,6-10H,3-5,11-12H2,1H3/b9-6+;;6-2+. The van der Waals surface area contributed by atoms with Crippen molar-refractivity contribution < 1.29 is 9.59 Å². The second kappa shape index (κ2) is 25.6. The Balaban J connectivity index is 0.000000155. The quantitative estimate of drug-likeness (QED) is 0.117. The van der Waals surface area contributed by atoms with Gasteiger partial charge in [0.25, 0.3) is 11.8 Å². The molecule has 8 aromatic rings. The molecule has 8 heterocycles. The molecule has 2 aliphatic rings. The molecule has 0 saturated carbocycles. The van der Waals surface area contributed by atoms with E-state index in [4.69, 9.17) is 0 Å². The van der Waals surface area contributed by atoms with E-state index in [0.717, 1.165) is 40.1 Å². The van der Waals surface area contributed by atoms with Crippen LogP contribution < -0.4 is 20.4 Å². The number of hydrogen-bond acceptors (Lipinski definition) is 10. The molecule has 2 amide bonds. The van der Waals surface area contributed by atoms with Gasteiger partial charge in [0, 0.05) is 98.6 Å². The zero-order valence-electron chi connectivity index (χ0n) is 39.2. The summed E-state index contributed by atoms with van der Waals surface area (Å²) in [6.45, 7) is 8.04. The van der Waals surface area contributed by atoms with Crippen LogP contribution in [-0.4, -0.2) is 67.1 Å². The Labute approximate surface area is 426 Å². The summed E-state index contributed by atoms with van der Waals surface area (Å²) in [5.41, 5.74) is 9.29. The van der Waals surface area contributed by atoms with Crippen molar-refractivity contribution in [1.29, 1.82) is 0 Å². The van der Waals surface area contributed by atoms with Crippen LogP contribution in [0.4, 0.5) is 21.6 Å². The van der Waals surface area contributed by atoms with E-state index in [0.29, 0.717) is 34.7 Å². The van der Waals surface area contributed by atoms with Crippen LogP contribution in [0.2, 0.25) is 0 Å². The Hall–Kier alpha value is -6.94. The predicted octanol–water partition coefficient (Wildman–Crippen LogP) is 12.9. The van der Waals surface area contributed by atoms with Gasteiger partial charge in [-0.3, -0.25) is 30.2 Å². The molecule has 12 nitrogen and oxygen atoms in total. The molecule has 0 aliphatic carbocycles. The second-order valence-corrected chi connectivity index (χ2v) is 19.4. The number of pyridine rings is 2. The molecule has 2 aromatic carbocycles. The number of thiazole rings is 2. The van der Waals surface area contributed by atoms with Crippen LogP contribution in [0.1, 0.15) is 94.4 Å². The number of aromatic nitrogens is 6. The molecule has 10 rings (SSSR count). The van der Waals surface area contributed by atoms with Crippen molar-refractivity contribution >= 4 is 90.3 Å². The molecule has 0 spiro atoms. The number of nitrogens with one attached hydrogen (secondary N) is 2. The van der Waals surface area contributed by atoms with E-state index < -0.39 is 0 Å². The third-order valence-electron chi connectivity index (χ3n) is 11.8. The van der Waals surface area contributed by atoms with Crippen molar-refractivity contribution in [2.75, 3.05) is 46.6 Å². The number of piperidine rings is 2. The Bertz CT molecular complexity index is 2910. The van der Waals surface area contributed by atoms with E-state index in [9.17, 15) is 9.59 Å². The summed E-state index contributed by atoms with van der Waals surface area (Å²) in [7, 11) is 0. The summed E-state index contributed by atoms with van der Waals surface area (Å²) in [5, 5.41) is 10.7. The zero-order chi connectivity index (χ0) is 48.3. The highest BCUT2D eigenvalue weighted by Gasteiger charge is 2.16. The fourth-order valence-electron chi connectivity index (χ4n) is 8.21. The maximum Gasteiger partial charge on any atom is 0.274 e. The van der Waals surface area contributed by atoms with Gasteiger partial charge in [0.1, 0.15) is 16.0 Å². The van der Waals surface area contributed by atoms with Gasteiger partial charge in [0.05, 0.1) is 5.69 Å². The number of rotatable bonds is 13. The Kier molecular flexibility index (Phi) is 18.1. The van der Waals surface area contributed by atoms with E-state index in [1.165, 1.54) is 91.2 Å². The first kappa shape index (κ1) is 49.5. The number of nitrogens with zero attached hydrogens (tertiary/aromatic N) is 8. The van der Waals surface area contributed by atoms with Crippen molar-refractivity contribution in [3.63, 3.8) is 0 Å². The van der Waals surface area contributed by atoms with Gasteiger partial charge in [-0.15, -0.1) is 22.7 Å². The van der Waals surface area contributed by atoms with Gasteiger partial charge in [0.2, 0.25) is 0 Å². The minimum absolute atomic E-state index is 0.169. The average Bonchev–Trinajstić information content (AvgIpc) is 4.25. The van der Waals surface area contributed by atoms with Gasteiger partial charge in [-0.05, 0) is 163 Å². The summed E-state index contributed by atoms with van der Waals surface area (Å²) in [5.74, 6) is -0.340. The highest BCUT2D eigenvalue weighted by Crippen LogP contribution is 2.24. The number of halogens is 1. The van der Waals surface area contributed by atoms with Crippen LogP contribution in [-0.2, 0) is 13.1 Å². The van der Waals surface area contributed by atoms with Crippen LogP contribution in [0.3, 0.4) is 0 Å². The zero-order valence-corrected chi connectivity index (χ0v) is 42.5. The molecule has 15 heteroatoms. The van der Waals surface area contributed by atoms with Crippen molar-refractivity contribution in [1.82, 2.24) is 29.1 Å². The lowest BCUT2D eigenvalue weighted by Gasteiger charge is -2.28. The molecule has 0 unspecified atom stereocenters. The van der Waals surface area contributed by atoms with Gasteiger partial charge in [-0.2, -0.15) is 0 Å². The molecule has 358 valence electrons. The van der Waals surface area contributed by atoms with Crippen LogP contribution in [0, 0.1) is 0 Å². The van der Waals surface area contributed by atoms with E-state index in [2.05, 4.69) is 130 Å². The van der Waals surface area contributed by atoms with Crippen molar-refractivity contribution in [3.8, 4) is 0 Å². The number of carbonyl (C=O) groups excluding carboxylic acids is 2. The van der Waals surface area contributed by atoms with Crippen LogP contribution in [0.25, 0.3) is 18.2 Å². The van der Waals surface area contributed by atoms with Crippen molar-refractivity contribution in [2.24, 2.45) is 0 Å². The van der Waals surface area contributed by atoms with E-state index in [-0.39, 0.29) is 11.8 Å². The molecule has 0 atom stereocenters. The lowest BCUT2D eigenvalue weighted by Crippen LogP contribution is -2.29. The highest BCUT2D eigenvalue weighted by atomic mass is 79.9. The summed E-state index contributed by atoms with van der Waals surface area (Å²) in [4.78, 5) is 46.8. The molecule has 2 aliphatic heterocycles. The Morgan fingerprint density at radius 1 is 0.571 bits per heavy atom. The van der Waals surface area contributed by atoms with E-state index >= 15 is 0 Å². The highest BCUT2D eigenvalue weighted by molar-refractivity contribution is 9.10. The molecule has 2 N–H and O–H groups in total. The van der Waals surface area contributed by atoms with Crippen molar-refractivity contribution in [3.05, 3.63) is 195 Å². The lowest BCUT2D eigenvalue weighted by molar-refractivity contribution is 0.101. The molecule has 70 heavy (non-hydrogen) atoms. The summed E-state index contributed by atoms with van der Waals surface area (Å²) < 4.78 is 4.54. The molecule has 0 radical (unpaired) electrons. The average molecular weight is 1030 g/mol. The van der Waals surface area contributed by atoms with E-state index in [1.807, 2.05) is 80.8 Å². The first-order chi connectivity index (χ1) is 34.4. The number of carbonyl (C=O) groups is 2. The monoisotopic (exact) mass is 1030 g/mol. The minimum atomic E-state index is -0.170. The van der Waals surface area contributed by atoms with Crippen LogP contribution in [0.5, 0.6) is 0 Å².